The molecule has 0 saturated carbocycles. The number of nitrogens with zero attached hydrogens (tertiary/aromatic N) is 1. The van der Waals surface area contributed by atoms with E-state index in [0.29, 0.717) is 24.4 Å². The molecule has 0 bridgehead atoms. The van der Waals surface area contributed by atoms with Gasteiger partial charge in [-0.05, 0) is 55.8 Å². The second kappa shape index (κ2) is 14.6. The number of hydrogen-bond donors (Lipinski definition) is 2. The van der Waals surface area contributed by atoms with Gasteiger partial charge in [0.2, 0.25) is 5.91 Å². The van der Waals surface area contributed by atoms with E-state index < -0.39 is 0 Å². The van der Waals surface area contributed by atoms with Crippen molar-refractivity contribution in [1.29, 1.82) is 0 Å². The number of carbonyl (C=O) groups is 2. The van der Waals surface area contributed by atoms with Gasteiger partial charge in [-0.3, -0.25) is 9.59 Å². The molecule has 3 aromatic carbocycles. The van der Waals surface area contributed by atoms with E-state index in [1.165, 1.54) is 25.7 Å². The molecule has 190 valence electrons. The molecule has 3 rings (SSSR count). The van der Waals surface area contributed by atoms with E-state index in [9.17, 15) is 9.59 Å². The molecule has 0 unspecified atom stereocenters. The Labute approximate surface area is 214 Å². The topological polar surface area (TPSA) is 70.7 Å². The molecule has 0 aliphatic heterocycles. The highest BCUT2D eigenvalue weighted by atomic mass is 16.5. The molecule has 3 aromatic rings. The van der Waals surface area contributed by atoms with Gasteiger partial charge in [-0.2, -0.15) is 0 Å². The van der Waals surface area contributed by atoms with Crippen molar-refractivity contribution in [2.75, 3.05) is 35.2 Å². The maximum Gasteiger partial charge on any atom is 0.258 e. The van der Waals surface area contributed by atoms with Gasteiger partial charge >= 0.3 is 0 Å². The van der Waals surface area contributed by atoms with Crippen LogP contribution in [0.25, 0.3) is 0 Å². The van der Waals surface area contributed by atoms with Gasteiger partial charge in [0.05, 0.1) is 13.2 Å². The largest absolute Gasteiger partial charge is 0.494 e. The second-order valence-electron chi connectivity index (χ2n) is 8.66. The van der Waals surface area contributed by atoms with E-state index in [-0.39, 0.29) is 18.4 Å². The van der Waals surface area contributed by atoms with Crippen LogP contribution >= 0.6 is 0 Å². The van der Waals surface area contributed by atoms with Crippen molar-refractivity contribution in [3.8, 4) is 5.75 Å². The Morgan fingerprint density at radius 1 is 0.806 bits per heavy atom. The Morgan fingerprint density at radius 2 is 1.56 bits per heavy atom. The standard InChI is InChI=1S/C30H37N3O3/c1-3-5-6-7-11-20-36-28-19-13-15-25(22-28)31-23-29(34)32-26-16-12-14-24(21-26)30(35)33(4-2)27-17-9-8-10-18-27/h8-10,12-19,21-22,31H,3-7,11,20,23H2,1-2H3,(H,32,34). The summed E-state index contributed by atoms with van der Waals surface area (Å²) in [6, 6.07) is 24.2. The Bertz CT molecular complexity index is 1100. The summed E-state index contributed by atoms with van der Waals surface area (Å²) in [6.45, 7) is 5.49. The van der Waals surface area contributed by atoms with E-state index in [0.717, 1.165) is 23.5 Å². The summed E-state index contributed by atoms with van der Waals surface area (Å²) in [6.07, 6.45) is 5.98. The zero-order valence-electron chi connectivity index (χ0n) is 21.3. The Balaban J connectivity index is 1.50. The predicted molar refractivity (Wildman–Crippen MR) is 148 cm³/mol. The van der Waals surface area contributed by atoms with Gasteiger partial charge < -0.3 is 20.3 Å². The number of para-hydroxylation sites is 1. The lowest BCUT2D eigenvalue weighted by atomic mass is 10.1. The molecule has 0 aliphatic carbocycles. The Morgan fingerprint density at radius 3 is 2.33 bits per heavy atom. The summed E-state index contributed by atoms with van der Waals surface area (Å²) in [7, 11) is 0. The number of anilines is 3. The highest BCUT2D eigenvalue weighted by molar-refractivity contribution is 6.07. The molecule has 6 heteroatoms. The van der Waals surface area contributed by atoms with E-state index in [1.54, 1.807) is 29.2 Å². The first kappa shape index (κ1) is 26.8. The minimum Gasteiger partial charge on any atom is -0.494 e. The van der Waals surface area contributed by atoms with Crippen LogP contribution < -0.4 is 20.3 Å². The molecule has 0 radical (unpaired) electrons. The van der Waals surface area contributed by atoms with Crippen molar-refractivity contribution < 1.29 is 14.3 Å². The van der Waals surface area contributed by atoms with Gasteiger partial charge in [-0.25, -0.2) is 0 Å². The molecule has 0 aliphatic rings. The molecule has 6 nitrogen and oxygen atoms in total. The summed E-state index contributed by atoms with van der Waals surface area (Å²) in [5.41, 5.74) is 2.76. The van der Waals surface area contributed by atoms with Gasteiger partial charge in [0.1, 0.15) is 5.75 Å². The van der Waals surface area contributed by atoms with Crippen molar-refractivity contribution in [2.24, 2.45) is 0 Å². The maximum absolute atomic E-state index is 13.1. The van der Waals surface area contributed by atoms with Crippen LogP contribution in [0.4, 0.5) is 17.1 Å². The molecular formula is C30H37N3O3. The summed E-state index contributed by atoms with van der Waals surface area (Å²) in [5.74, 6) is 0.485. The molecule has 0 spiro atoms. The van der Waals surface area contributed by atoms with Gasteiger partial charge in [0.15, 0.2) is 0 Å². The summed E-state index contributed by atoms with van der Waals surface area (Å²) in [5, 5.41) is 6.02. The summed E-state index contributed by atoms with van der Waals surface area (Å²) < 4.78 is 5.85. The number of ether oxygens (including phenoxy) is 1. The number of rotatable bonds is 14. The number of amides is 2. The van der Waals surface area contributed by atoms with Crippen molar-refractivity contribution in [3.05, 3.63) is 84.4 Å². The number of carbonyl (C=O) groups excluding carboxylic acids is 2. The summed E-state index contributed by atoms with van der Waals surface area (Å²) in [4.78, 5) is 27.4. The number of unbranched alkanes of at least 4 members (excludes halogenated alkanes) is 4. The molecule has 0 fully saturated rings. The maximum atomic E-state index is 13.1. The smallest absolute Gasteiger partial charge is 0.258 e. The molecule has 0 aromatic heterocycles. The average molecular weight is 488 g/mol. The van der Waals surface area contributed by atoms with E-state index in [1.807, 2.05) is 61.5 Å². The lowest BCUT2D eigenvalue weighted by Gasteiger charge is -2.21. The minimum absolute atomic E-state index is 0.101. The van der Waals surface area contributed by atoms with Crippen LogP contribution in [0.15, 0.2) is 78.9 Å². The van der Waals surface area contributed by atoms with Crippen molar-refractivity contribution in [3.63, 3.8) is 0 Å². The molecule has 0 heterocycles. The van der Waals surface area contributed by atoms with Crippen LogP contribution in [0.1, 0.15) is 56.3 Å². The quantitative estimate of drug-likeness (QED) is 0.247. The molecular weight excluding hydrogens is 450 g/mol. The molecule has 2 amide bonds. The number of hydrogen-bond acceptors (Lipinski definition) is 4. The monoisotopic (exact) mass is 487 g/mol. The first-order valence-electron chi connectivity index (χ1n) is 12.8. The Hall–Kier alpha value is -3.80. The highest BCUT2D eigenvalue weighted by Gasteiger charge is 2.16. The fraction of sp³-hybridized carbons (Fsp3) is 0.333. The van der Waals surface area contributed by atoms with Gasteiger partial charge in [0.25, 0.3) is 5.91 Å². The summed E-state index contributed by atoms with van der Waals surface area (Å²) >= 11 is 0. The molecule has 0 saturated heterocycles. The zero-order valence-corrected chi connectivity index (χ0v) is 21.3. The first-order chi connectivity index (χ1) is 17.6. The van der Waals surface area contributed by atoms with Crippen LogP contribution in [0.5, 0.6) is 5.75 Å². The third-order valence-corrected chi connectivity index (χ3v) is 5.83. The molecule has 36 heavy (non-hydrogen) atoms. The zero-order chi connectivity index (χ0) is 25.6. The number of nitrogens with one attached hydrogen (secondary N) is 2. The van der Waals surface area contributed by atoms with Crippen LogP contribution in [0, 0.1) is 0 Å². The van der Waals surface area contributed by atoms with E-state index in [4.69, 9.17) is 4.74 Å². The first-order valence-corrected chi connectivity index (χ1v) is 12.8. The second-order valence-corrected chi connectivity index (χ2v) is 8.66. The van der Waals surface area contributed by atoms with Crippen molar-refractivity contribution in [1.82, 2.24) is 0 Å². The SMILES string of the molecule is CCCCCCCOc1cccc(NCC(=O)Nc2cccc(C(=O)N(CC)c3ccccc3)c2)c1. The third-order valence-electron chi connectivity index (χ3n) is 5.83. The van der Waals surface area contributed by atoms with Crippen LogP contribution in [-0.2, 0) is 4.79 Å². The van der Waals surface area contributed by atoms with Gasteiger partial charge in [0, 0.05) is 35.2 Å². The van der Waals surface area contributed by atoms with E-state index >= 15 is 0 Å². The average Bonchev–Trinajstić information content (AvgIpc) is 2.91. The third kappa shape index (κ3) is 8.45. The van der Waals surface area contributed by atoms with Crippen LogP contribution in [-0.4, -0.2) is 31.5 Å². The van der Waals surface area contributed by atoms with Crippen molar-refractivity contribution >= 4 is 28.9 Å². The van der Waals surface area contributed by atoms with Crippen LogP contribution in [0.3, 0.4) is 0 Å². The fourth-order valence-corrected chi connectivity index (χ4v) is 3.92. The van der Waals surface area contributed by atoms with Gasteiger partial charge in [-0.1, -0.05) is 62.9 Å². The molecule has 2 N–H and O–H groups in total. The van der Waals surface area contributed by atoms with Gasteiger partial charge in [-0.15, -0.1) is 0 Å². The van der Waals surface area contributed by atoms with Crippen LogP contribution in [0.2, 0.25) is 0 Å². The highest BCUT2D eigenvalue weighted by Crippen LogP contribution is 2.20. The number of benzene rings is 3. The predicted octanol–water partition coefficient (Wildman–Crippen LogP) is 6.75. The lowest BCUT2D eigenvalue weighted by Crippen LogP contribution is -2.30. The van der Waals surface area contributed by atoms with E-state index in [2.05, 4.69) is 17.6 Å². The molecule has 0 atom stereocenters. The lowest BCUT2D eigenvalue weighted by molar-refractivity contribution is -0.114. The van der Waals surface area contributed by atoms with Crippen molar-refractivity contribution in [2.45, 2.75) is 46.0 Å². The fourth-order valence-electron chi connectivity index (χ4n) is 3.92. The normalized spacial score (nSPS) is 10.5. The Kier molecular flexibility index (Phi) is 10.8. The minimum atomic E-state index is -0.197.